The van der Waals surface area contributed by atoms with Crippen LogP contribution in [0.2, 0.25) is 0 Å². The average Bonchev–Trinajstić information content (AvgIpc) is 2.84. The Morgan fingerprint density at radius 2 is 1.70 bits per heavy atom. The highest BCUT2D eigenvalue weighted by molar-refractivity contribution is 7.99. The van der Waals surface area contributed by atoms with Crippen LogP contribution in [0.25, 0.3) is 16.6 Å². The number of amides is 1. The van der Waals surface area contributed by atoms with Gasteiger partial charge in [-0.2, -0.15) is 0 Å². The van der Waals surface area contributed by atoms with Crippen molar-refractivity contribution in [3.05, 3.63) is 94.8 Å². The van der Waals surface area contributed by atoms with Crippen molar-refractivity contribution in [2.24, 2.45) is 0 Å². The van der Waals surface area contributed by atoms with Crippen LogP contribution in [0.1, 0.15) is 12.5 Å². The molecule has 0 atom stereocenters. The van der Waals surface area contributed by atoms with Crippen LogP contribution in [-0.2, 0) is 11.3 Å². The lowest BCUT2D eigenvalue weighted by Gasteiger charge is -2.18. The number of benzene rings is 3. The van der Waals surface area contributed by atoms with Gasteiger partial charge in [0.05, 0.1) is 29.0 Å². The highest BCUT2D eigenvalue weighted by Gasteiger charge is 2.16. The molecule has 0 aliphatic carbocycles. The zero-order valence-electron chi connectivity index (χ0n) is 18.6. The van der Waals surface area contributed by atoms with Crippen molar-refractivity contribution in [3.63, 3.8) is 0 Å². The monoisotopic (exact) mass is 459 g/mol. The second-order valence-electron chi connectivity index (χ2n) is 7.50. The molecule has 1 aromatic heterocycles. The minimum atomic E-state index is -0.169. The summed E-state index contributed by atoms with van der Waals surface area (Å²) in [5.41, 5.74) is 2.18. The number of thioether (sulfide) groups is 1. The van der Waals surface area contributed by atoms with E-state index >= 15 is 0 Å². The van der Waals surface area contributed by atoms with Gasteiger partial charge >= 0.3 is 0 Å². The topological polar surface area (TPSA) is 64.4 Å². The average molecular weight is 460 g/mol. The lowest BCUT2D eigenvalue weighted by atomic mass is 10.2. The zero-order valence-corrected chi connectivity index (χ0v) is 19.4. The van der Waals surface area contributed by atoms with Gasteiger partial charge in [-0.25, -0.2) is 4.98 Å². The van der Waals surface area contributed by atoms with Gasteiger partial charge in [0.2, 0.25) is 5.91 Å². The van der Waals surface area contributed by atoms with E-state index in [0.29, 0.717) is 34.9 Å². The van der Waals surface area contributed by atoms with E-state index in [4.69, 9.17) is 9.72 Å². The quantitative estimate of drug-likeness (QED) is 0.286. The summed E-state index contributed by atoms with van der Waals surface area (Å²) in [4.78, 5) is 32.6. The molecular formula is C26H25N3O3S. The van der Waals surface area contributed by atoms with Crippen molar-refractivity contribution >= 4 is 28.6 Å². The predicted octanol–water partition coefficient (Wildman–Crippen LogP) is 4.54. The first-order valence-electron chi connectivity index (χ1n) is 10.7. The summed E-state index contributed by atoms with van der Waals surface area (Å²) in [6.07, 6.45) is 0. The van der Waals surface area contributed by atoms with Crippen LogP contribution in [-0.4, -0.2) is 39.8 Å². The van der Waals surface area contributed by atoms with Gasteiger partial charge in [0, 0.05) is 13.6 Å². The summed E-state index contributed by atoms with van der Waals surface area (Å²) in [6, 6.07) is 24.4. The van der Waals surface area contributed by atoms with Crippen molar-refractivity contribution in [3.8, 4) is 11.4 Å². The molecule has 7 heteroatoms. The molecular weight excluding hydrogens is 434 g/mol. The molecule has 0 saturated carbocycles. The molecule has 0 saturated heterocycles. The van der Waals surface area contributed by atoms with Crippen LogP contribution < -0.4 is 10.3 Å². The SMILES string of the molecule is CCOc1ccc(-n2c(SCC(=O)N(C)Cc3ccccc3)nc3ccccc3c2=O)cc1. The third-order valence-electron chi connectivity index (χ3n) is 5.16. The molecule has 1 heterocycles. The largest absolute Gasteiger partial charge is 0.494 e. The second kappa shape index (κ2) is 10.4. The van der Waals surface area contributed by atoms with Crippen LogP contribution >= 0.6 is 11.8 Å². The molecule has 1 amide bonds. The maximum Gasteiger partial charge on any atom is 0.266 e. The predicted molar refractivity (Wildman–Crippen MR) is 132 cm³/mol. The van der Waals surface area contributed by atoms with Crippen LogP contribution in [0.5, 0.6) is 5.75 Å². The number of aromatic nitrogens is 2. The molecule has 6 nitrogen and oxygen atoms in total. The van der Waals surface area contributed by atoms with E-state index in [1.54, 1.807) is 22.6 Å². The van der Waals surface area contributed by atoms with E-state index in [9.17, 15) is 9.59 Å². The fraction of sp³-hybridized carbons (Fsp3) is 0.192. The molecule has 0 bridgehead atoms. The van der Waals surface area contributed by atoms with Gasteiger partial charge in [0.25, 0.3) is 5.56 Å². The van der Waals surface area contributed by atoms with Crippen LogP contribution in [0.3, 0.4) is 0 Å². The van der Waals surface area contributed by atoms with Crippen molar-refractivity contribution in [2.45, 2.75) is 18.6 Å². The van der Waals surface area contributed by atoms with Gasteiger partial charge in [0.15, 0.2) is 5.16 Å². The third kappa shape index (κ3) is 5.26. The number of carbonyl (C=O) groups is 1. The Labute approximate surface area is 196 Å². The molecule has 0 spiro atoms. The van der Waals surface area contributed by atoms with Crippen molar-refractivity contribution in [1.82, 2.24) is 14.5 Å². The van der Waals surface area contributed by atoms with Crippen LogP contribution in [0.4, 0.5) is 0 Å². The van der Waals surface area contributed by atoms with Crippen LogP contribution in [0, 0.1) is 0 Å². The molecule has 33 heavy (non-hydrogen) atoms. The lowest BCUT2D eigenvalue weighted by molar-refractivity contribution is -0.127. The zero-order chi connectivity index (χ0) is 23.2. The Kier molecular flexibility index (Phi) is 7.10. The Hall–Kier alpha value is -3.58. The first-order chi connectivity index (χ1) is 16.1. The van der Waals surface area contributed by atoms with Crippen molar-refractivity contribution in [1.29, 1.82) is 0 Å². The molecule has 0 radical (unpaired) electrons. The van der Waals surface area contributed by atoms with Gasteiger partial charge in [-0.15, -0.1) is 0 Å². The van der Waals surface area contributed by atoms with Gasteiger partial charge in [-0.05, 0) is 48.9 Å². The highest BCUT2D eigenvalue weighted by atomic mass is 32.2. The van der Waals surface area contributed by atoms with E-state index in [1.165, 1.54) is 11.8 Å². The van der Waals surface area contributed by atoms with Crippen molar-refractivity contribution in [2.75, 3.05) is 19.4 Å². The fourth-order valence-electron chi connectivity index (χ4n) is 3.48. The highest BCUT2D eigenvalue weighted by Crippen LogP contribution is 2.23. The Morgan fingerprint density at radius 1 is 1.00 bits per heavy atom. The number of carbonyl (C=O) groups excluding carboxylic acids is 1. The molecule has 4 aromatic rings. The summed E-state index contributed by atoms with van der Waals surface area (Å²) in [5.74, 6) is 0.866. The molecule has 0 aliphatic rings. The number of nitrogens with zero attached hydrogens (tertiary/aromatic N) is 3. The summed E-state index contributed by atoms with van der Waals surface area (Å²) in [7, 11) is 1.78. The number of hydrogen-bond donors (Lipinski definition) is 0. The normalized spacial score (nSPS) is 10.8. The number of hydrogen-bond acceptors (Lipinski definition) is 5. The molecule has 3 aromatic carbocycles. The van der Waals surface area contributed by atoms with E-state index in [0.717, 1.165) is 11.3 Å². The minimum absolute atomic E-state index is 0.0375. The van der Waals surface area contributed by atoms with E-state index < -0.39 is 0 Å². The van der Waals surface area contributed by atoms with E-state index in [1.807, 2.05) is 79.7 Å². The molecule has 168 valence electrons. The summed E-state index contributed by atoms with van der Waals surface area (Å²) < 4.78 is 7.09. The minimum Gasteiger partial charge on any atom is -0.494 e. The Morgan fingerprint density at radius 3 is 2.42 bits per heavy atom. The maximum atomic E-state index is 13.4. The van der Waals surface area contributed by atoms with Gasteiger partial charge < -0.3 is 9.64 Å². The maximum absolute atomic E-state index is 13.4. The first kappa shape index (κ1) is 22.6. The second-order valence-corrected chi connectivity index (χ2v) is 8.45. The smallest absolute Gasteiger partial charge is 0.266 e. The van der Waals surface area contributed by atoms with E-state index in [2.05, 4.69) is 0 Å². The van der Waals surface area contributed by atoms with Gasteiger partial charge in [-0.3, -0.25) is 14.2 Å². The Bertz CT molecular complexity index is 1300. The number of fused-ring (bicyclic) bond motifs is 1. The van der Waals surface area contributed by atoms with Crippen LogP contribution in [0.15, 0.2) is 88.8 Å². The summed E-state index contributed by atoms with van der Waals surface area (Å²) in [5, 5.41) is 1.01. The summed E-state index contributed by atoms with van der Waals surface area (Å²) in [6.45, 7) is 3.01. The Balaban J connectivity index is 1.62. The standard InChI is InChI=1S/C26H25N3O3S/c1-3-32-21-15-13-20(14-16-21)29-25(31)22-11-7-8-12-23(22)27-26(29)33-18-24(30)28(2)17-19-9-5-4-6-10-19/h4-16H,3,17-18H2,1-2H3. The van der Waals surface area contributed by atoms with E-state index in [-0.39, 0.29) is 17.2 Å². The lowest BCUT2D eigenvalue weighted by Crippen LogP contribution is -2.28. The third-order valence-corrected chi connectivity index (χ3v) is 6.09. The number of para-hydroxylation sites is 1. The molecule has 0 fully saturated rings. The van der Waals surface area contributed by atoms with Gasteiger partial charge in [0.1, 0.15) is 5.75 Å². The fourth-order valence-corrected chi connectivity index (χ4v) is 4.43. The molecule has 0 unspecified atom stereocenters. The van der Waals surface area contributed by atoms with Crippen molar-refractivity contribution < 1.29 is 9.53 Å². The molecule has 4 rings (SSSR count). The van der Waals surface area contributed by atoms with Gasteiger partial charge in [-0.1, -0.05) is 54.2 Å². The first-order valence-corrected chi connectivity index (χ1v) is 11.7. The number of ether oxygens (including phenoxy) is 1. The molecule has 0 N–H and O–H groups in total. The molecule has 0 aliphatic heterocycles. The summed E-state index contributed by atoms with van der Waals surface area (Å²) >= 11 is 1.26. The number of rotatable bonds is 8.